The van der Waals surface area contributed by atoms with Crippen LogP contribution in [0.2, 0.25) is 0 Å². The van der Waals surface area contributed by atoms with Gasteiger partial charge in [-0.15, -0.1) is 0 Å². The summed E-state index contributed by atoms with van der Waals surface area (Å²) in [6.07, 6.45) is -55.8. The zero-order valence-corrected chi connectivity index (χ0v) is 47.7. The summed E-state index contributed by atoms with van der Waals surface area (Å²) < 4.78 is 69.0. The lowest BCUT2D eigenvalue weighted by Crippen LogP contribution is -2.70. The van der Waals surface area contributed by atoms with Crippen LogP contribution in [0, 0.1) is 0 Å². The Labute approximate surface area is 504 Å². The first-order valence-electron chi connectivity index (χ1n) is 27.9. The fourth-order valence-corrected chi connectivity index (χ4v) is 10.8. The lowest BCUT2D eigenvalue weighted by Gasteiger charge is -2.50. The fourth-order valence-electron chi connectivity index (χ4n) is 10.8. The van der Waals surface area contributed by atoms with Crippen molar-refractivity contribution in [2.24, 2.45) is 0 Å². The molecule has 0 spiro atoms. The molecular weight excluding hydrogens is 1220 g/mol. The van der Waals surface area contributed by atoms with Crippen LogP contribution in [0.5, 0.6) is 0 Å². The second-order valence-electron chi connectivity index (χ2n) is 21.9. The average molecular weight is 1300 g/mol. The summed E-state index contributed by atoms with van der Waals surface area (Å²) in [5.41, 5.74) is 0. The third kappa shape index (κ3) is 17.3. The molecule has 0 aromatic heterocycles. The minimum Gasteiger partial charge on any atom is -0.544 e. The molecule has 0 saturated carbocycles. The van der Waals surface area contributed by atoms with Crippen LogP contribution in [0.4, 0.5) is 0 Å². The normalized spacial score (nSPS) is 43.8. The van der Waals surface area contributed by atoms with Crippen LogP contribution in [0.25, 0.3) is 0 Å². The van der Waals surface area contributed by atoms with Crippen molar-refractivity contribution in [2.75, 3.05) is 52.9 Å². The number of carboxylic acid groups (broad SMARTS) is 1. The van der Waals surface area contributed by atoms with Crippen LogP contribution in [-0.4, -0.2) is 371 Å². The molecule has 40 nitrogen and oxygen atoms in total. The second kappa shape index (κ2) is 32.8. The van der Waals surface area contributed by atoms with Crippen molar-refractivity contribution in [2.45, 2.75) is 223 Å². The lowest BCUT2D eigenvalue weighted by atomic mass is 9.88. The lowest BCUT2D eigenvalue weighted by molar-refractivity contribution is -0.393. The van der Waals surface area contributed by atoms with Gasteiger partial charge in [-0.25, -0.2) is 0 Å². The first-order chi connectivity index (χ1) is 42.0. The molecule has 0 aliphatic carbocycles. The molecule has 0 bridgehead atoms. The number of amides is 4. The van der Waals surface area contributed by atoms with Crippen molar-refractivity contribution in [3.8, 4) is 0 Å². The number of aliphatic carboxylic acids is 1. The highest BCUT2D eigenvalue weighted by Gasteiger charge is 2.58. The zero-order chi connectivity index (χ0) is 66.1. The van der Waals surface area contributed by atoms with Crippen LogP contribution >= 0.6 is 0 Å². The van der Waals surface area contributed by atoms with Crippen LogP contribution in [0.3, 0.4) is 0 Å². The molecule has 6 heterocycles. The summed E-state index contributed by atoms with van der Waals surface area (Å²) in [5, 5.41) is 217. The Kier molecular flexibility index (Phi) is 27.4. The van der Waals surface area contributed by atoms with Crippen molar-refractivity contribution in [3.05, 3.63) is 0 Å². The molecule has 6 aliphatic heterocycles. The number of ether oxygens (including phenoxy) is 12. The van der Waals surface area contributed by atoms with Crippen molar-refractivity contribution >= 4 is 30.1 Å². The molecule has 6 fully saturated rings. The highest BCUT2D eigenvalue weighted by Crippen LogP contribution is 2.38. The number of hydrogen-bond donors (Lipinski definition) is 22. The molecule has 0 aromatic carbocycles. The van der Waals surface area contributed by atoms with Crippen LogP contribution in [-0.2, 0) is 80.8 Å². The molecule has 40 heteroatoms. The predicted molar refractivity (Wildman–Crippen MR) is 272 cm³/mol. The van der Waals surface area contributed by atoms with Crippen LogP contribution < -0.4 is 26.4 Å². The van der Waals surface area contributed by atoms with Crippen LogP contribution in [0.1, 0.15) is 27.2 Å². The van der Waals surface area contributed by atoms with Gasteiger partial charge in [-0.3, -0.25) is 19.2 Å². The van der Waals surface area contributed by atoms with Crippen LogP contribution in [0.15, 0.2) is 0 Å². The minimum absolute atomic E-state index is 0.245. The highest BCUT2D eigenvalue weighted by molar-refractivity contribution is 5.75. The van der Waals surface area contributed by atoms with Gasteiger partial charge < -0.3 is 180 Å². The van der Waals surface area contributed by atoms with E-state index in [-0.39, 0.29) is 6.41 Å². The minimum atomic E-state index is -3.13. The summed E-state index contributed by atoms with van der Waals surface area (Å²) in [6.45, 7) is -4.54. The Morgan fingerprint density at radius 3 is 1.55 bits per heavy atom. The van der Waals surface area contributed by atoms with Crippen molar-refractivity contribution in [1.29, 1.82) is 0 Å². The molecule has 6 saturated heterocycles. The molecular formula is C49H81N4O36-. The number of rotatable bonds is 28. The quantitative estimate of drug-likeness (QED) is 0.0324. The Balaban J connectivity index is 1.26. The van der Waals surface area contributed by atoms with Gasteiger partial charge in [0, 0.05) is 27.2 Å². The summed E-state index contributed by atoms with van der Waals surface area (Å²) in [4.78, 5) is 60.8. The summed E-state index contributed by atoms with van der Waals surface area (Å²) in [5.74, 6) is -7.92. The molecule has 0 unspecified atom stereocenters. The van der Waals surface area contributed by atoms with Gasteiger partial charge in [-0.2, -0.15) is 0 Å². The summed E-state index contributed by atoms with van der Waals surface area (Å²) in [7, 11) is 0. The number of hydrogen-bond acceptors (Lipinski definition) is 36. The van der Waals surface area contributed by atoms with Crippen molar-refractivity contribution in [3.63, 3.8) is 0 Å². The monoisotopic (exact) mass is 1300 g/mol. The van der Waals surface area contributed by atoms with E-state index in [9.17, 15) is 121 Å². The van der Waals surface area contributed by atoms with Gasteiger partial charge in [0.2, 0.25) is 29.9 Å². The number of nitrogens with one attached hydrogen (secondary N) is 4. The van der Waals surface area contributed by atoms with E-state index in [1.165, 1.54) is 0 Å². The van der Waals surface area contributed by atoms with E-state index in [0.29, 0.717) is 0 Å². The molecule has 514 valence electrons. The molecule has 4 amide bonds. The van der Waals surface area contributed by atoms with Gasteiger partial charge in [0.1, 0.15) is 146 Å². The van der Waals surface area contributed by atoms with Gasteiger partial charge in [0.05, 0.1) is 71.0 Å². The average Bonchev–Trinajstić information content (AvgIpc) is 1.01. The van der Waals surface area contributed by atoms with Gasteiger partial charge in [-0.05, 0) is 0 Å². The van der Waals surface area contributed by atoms with E-state index in [2.05, 4.69) is 21.3 Å². The van der Waals surface area contributed by atoms with E-state index in [1.807, 2.05) is 0 Å². The SMILES string of the molecule is CC(=O)N[C@H]1[C@H](O[C@H]2[C@@H](O)[C@@H](CO[C@@H]3O[C@H](CO)[C@@H](O)[C@H](O)[C@H]3NC(C)=O)O[C@@H](O[C@H]3[C@H](O)[C@@H](O)[C@H](OC[C@@H](CO)NC=O)O[C@@H]3CO)[C@@H]2O)O[C@H](CO)[C@@H](O[C@@H]2O[C@H](CO[C@]3(C(=O)[O-])C[C@H](O)[C@@H](NC(C)=O)[C@H]([C@H](O)[C@H](O)CO)O3)[C@H](O)[C@H](O)[C@H]2O)[C@@H]1O. The number of carboxylic acids is 1. The zero-order valence-electron chi connectivity index (χ0n) is 47.7. The number of carbonyl (C=O) groups is 5. The maximum Gasteiger partial charge on any atom is 0.217 e. The fraction of sp³-hybridized carbons (Fsp3) is 0.898. The van der Waals surface area contributed by atoms with Gasteiger partial charge >= 0.3 is 0 Å². The summed E-state index contributed by atoms with van der Waals surface area (Å²) in [6, 6.07) is -6.21. The molecule has 0 aromatic rings. The predicted octanol–water partition coefficient (Wildman–Crippen LogP) is -16.7. The number of aliphatic hydroxyl groups is 18. The molecule has 0 radical (unpaired) electrons. The van der Waals surface area contributed by atoms with E-state index >= 15 is 0 Å². The standard InChI is InChI=1S/C49H82N4O36/c1-14(60)51-25-18(63)4-49(48(76)77,89-41(25)28(65)19(64)6-55)80-12-24-30(67)34(71)36(73)46(85-24)86-39-21(8-57)82-44(27(33(39)70)53-16(3)62)88-42-31(68)23(11-79-43-26(52-15(2)61)32(69)29(66)20(7-56)81-43)84-47(38(42)75)87-40-22(9-58)83-45(37(74)35(40)72)78-10-17(5-54)50-13-59/h13,17-47,54-58,63-75H,4-12H2,1-3H3,(H,50,59)(H,51,60)(H,52,61)(H,53,62)(H,76,77)/p-1/t17-,18+,19-,20-,21-,22-,23-,24-,25-,26-,27-,28-,29-,30+,31+,32-,33-,34+,35-,36-,37-,38-,39-,40-,41-,42+,43-,44+,45-,46+,47+,49-/m1/s1. The molecule has 32 atom stereocenters. The largest absolute Gasteiger partial charge is 0.544 e. The Hall–Kier alpha value is -3.85. The first-order valence-corrected chi connectivity index (χ1v) is 27.9. The van der Waals surface area contributed by atoms with E-state index in [0.717, 1.165) is 20.8 Å². The van der Waals surface area contributed by atoms with Crippen molar-refractivity contribution < 1.29 is 178 Å². The molecule has 22 N–H and O–H groups in total. The van der Waals surface area contributed by atoms with Gasteiger partial charge in [0.15, 0.2) is 31.5 Å². The Bertz CT molecular complexity index is 2270. The maximum absolute atomic E-state index is 12.9. The van der Waals surface area contributed by atoms with Gasteiger partial charge in [0.25, 0.3) is 0 Å². The third-order valence-corrected chi connectivity index (χ3v) is 15.5. The first kappa shape index (κ1) is 74.2. The van der Waals surface area contributed by atoms with E-state index in [4.69, 9.17) is 56.8 Å². The molecule has 6 aliphatic rings. The maximum atomic E-state index is 12.9. The smallest absolute Gasteiger partial charge is 0.217 e. The number of aliphatic hydroxyl groups excluding tert-OH is 18. The van der Waals surface area contributed by atoms with Crippen molar-refractivity contribution in [1.82, 2.24) is 21.3 Å². The third-order valence-electron chi connectivity index (χ3n) is 15.5. The second-order valence-corrected chi connectivity index (χ2v) is 21.9. The highest BCUT2D eigenvalue weighted by atomic mass is 16.8. The summed E-state index contributed by atoms with van der Waals surface area (Å²) >= 11 is 0. The van der Waals surface area contributed by atoms with E-state index in [1.54, 1.807) is 0 Å². The molecule has 89 heavy (non-hydrogen) atoms. The number of carbonyl (C=O) groups excluding carboxylic acids is 5. The van der Waals surface area contributed by atoms with E-state index < -0.39 is 279 Å². The Morgan fingerprint density at radius 2 is 1.01 bits per heavy atom. The topological polar surface area (TPSA) is 631 Å². The Morgan fingerprint density at radius 1 is 0.528 bits per heavy atom. The van der Waals surface area contributed by atoms with Gasteiger partial charge in [-0.1, -0.05) is 0 Å². The molecule has 6 rings (SSSR count).